The molecule has 2 amide bonds. The molecule has 2 aromatic rings. The van der Waals surface area contributed by atoms with Crippen LogP contribution in [0.5, 0.6) is 0 Å². The molecule has 1 aromatic carbocycles. The van der Waals surface area contributed by atoms with Gasteiger partial charge in [0.1, 0.15) is 11.6 Å². The highest BCUT2D eigenvalue weighted by atomic mass is 28.4. The van der Waals surface area contributed by atoms with Gasteiger partial charge in [-0.3, -0.25) is 9.59 Å². The normalized spacial score (nSPS) is 21.6. The smallest absolute Gasteiger partial charge is 0.251 e. The Labute approximate surface area is 228 Å². The number of nitrogens with zero attached hydrogens (tertiary/aromatic N) is 3. The second kappa shape index (κ2) is 10.8. The van der Waals surface area contributed by atoms with Gasteiger partial charge in [0.05, 0.1) is 12.6 Å². The standard InChI is InChI=1S/C29H43N5O3Si/c1-18-26(33-25-13-14-30-19(2)32-25)23-17-22(28(36)31-15-16-37-38(7,8)29(4,5)6)11-12-24(23)34(20(3)35)27(18)21-9-10-21/h11-14,17-18,21,26-27H,9-10,15-16H2,1-8H3,(H,31,36)(H,30,32,33)/t18-,26-,27-/m1/s1. The fourth-order valence-electron chi connectivity index (χ4n) is 5.19. The van der Waals surface area contributed by atoms with Gasteiger partial charge >= 0.3 is 0 Å². The van der Waals surface area contributed by atoms with E-state index in [1.54, 1.807) is 13.1 Å². The van der Waals surface area contributed by atoms with E-state index in [0.717, 1.165) is 29.9 Å². The summed E-state index contributed by atoms with van der Waals surface area (Å²) in [5.74, 6) is 1.94. The van der Waals surface area contributed by atoms with Crippen molar-refractivity contribution in [2.75, 3.05) is 23.4 Å². The molecule has 1 saturated carbocycles. The van der Waals surface area contributed by atoms with Crippen LogP contribution in [0.2, 0.25) is 18.1 Å². The third-order valence-corrected chi connectivity index (χ3v) is 13.0. The molecular weight excluding hydrogens is 494 g/mol. The van der Waals surface area contributed by atoms with Crippen LogP contribution in [0.1, 0.15) is 75.2 Å². The van der Waals surface area contributed by atoms with Crippen molar-refractivity contribution in [3.05, 3.63) is 47.4 Å². The molecule has 38 heavy (non-hydrogen) atoms. The van der Waals surface area contributed by atoms with Gasteiger partial charge in [0.25, 0.3) is 5.91 Å². The molecule has 1 fully saturated rings. The van der Waals surface area contributed by atoms with Crippen molar-refractivity contribution < 1.29 is 14.0 Å². The van der Waals surface area contributed by atoms with E-state index in [4.69, 9.17) is 4.43 Å². The molecule has 0 spiro atoms. The van der Waals surface area contributed by atoms with Crippen molar-refractivity contribution in [2.24, 2.45) is 11.8 Å². The van der Waals surface area contributed by atoms with Crippen LogP contribution in [-0.2, 0) is 9.22 Å². The lowest BCUT2D eigenvalue weighted by Crippen LogP contribution is -2.51. The SMILES string of the molecule is CC(=O)N1c2ccc(C(=O)NCCO[Si](C)(C)C(C)(C)C)cc2[C@H](Nc2ccnc(C)n2)[C@@H](C)[C@@H]1C1CC1. The molecule has 1 aliphatic heterocycles. The minimum absolute atomic E-state index is 0.0336. The number of rotatable bonds is 8. The van der Waals surface area contributed by atoms with Gasteiger partial charge in [0.15, 0.2) is 8.32 Å². The van der Waals surface area contributed by atoms with Crippen molar-refractivity contribution in [3.8, 4) is 0 Å². The second-order valence-corrected chi connectivity index (χ2v) is 17.1. The summed E-state index contributed by atoms with van der Waals surface area (Å²) in [6.07, 6.45) is 4.00. The molecule has 0 radical (unpaired) electrons. The number of amides is 2. The lowest BCUT2D eigenvalue weighted by atomic mass is 9.79. The zero-order valence-electron chi connectivity index (χ0n) is 24.1. The number of aromatic nitrogens is 2. The number of anilines is 2. The maximum atomic E-state index is 13.2. The molecule has 0 bridgehead atoms. The van der Waals surface area contributed by atoms with Crippen molar-refractivity contribution in [1.82, 2.24) is 15.3 Å². The molecule has 1 aromatic heterocycles. The zero-order chi connectivity index (χ0) is 27.8. The molecule has 2 heterocycles. The quantitative estimate of drug-likeness (QED) is 0.342. The monoisotopic (exact) mass is 537 g/mol. The maximum Gasteiger partial charge on any atom is 0.251 e. The van der Waals surface area contributed by atoms with Gasteiger partial charge in [-0.1, -0.05) is 27.7 Å². The third kappa shape index (κ3) is 5.94. The van der Waals surface area contributed by atoms with Crippen LogP contribution in [0.25, 0.3) is 0 Å². The van der Waals surface area contributed by atoms with E-state index < -0.39 is 8.32 Å². The Kier molecular flexibility index (Phi) is 8.00. The number of hydrogen-bond donors (Lipinski definition) is 2. The minimum atomic E-state index is -1.87. The summed E-state index contributed by atoms with van der Waals surface area (Å²) in [6.45, 7) is 17.7. The molecule has 1 aliphatic carbocycles. The molecule has 4 rings (SSSR count). The molecular formula is C29H43N5O3Si. The van der Waals surface area contributed by atoms with Crippen molar-refractivity contribution in [3.63, 3.8) is 0 Å². The van der Waals surface area contributed by atoms with Crippen LogP contribution in [0, 0.1) is 18.8 Å². The summed E-state index contributed by atoms with van der Waals surface area (Å²) in [5, 5.41) is 6.76. The highest BCUT2D eigenvalue weighted by molar-refractivity contribution is 6.74. The number of carbonyl (C=O) groups excluding carboxylic acids is 2. The van der Waals surface area contributed by atoms with Gasteiger partial charge in [-0.25, -0.2) is 9.97 Å². The van der Waals surface area contributed by atoms with Crippen LogP contribution in [0.15, 0.2) is 30.5 Å². The Morgan fingerprint density at radius 1 is 1.18 bits per heavy atom. The number of carbonyl (C=O) groups is 2. The molecule has 8 nitrogen and oxygen atoms in total. The predicted molar refractivity (Wildman–Crippen MR) is 154 cm³/mol. The number of nitrogens with one attached hydrogen (secondary N) is 2. The molecule has 0 unspecified atom stereocenters. The van der Waals surface area contributed by atoms with E-state index in [0.29, 0.717) is 30.5 Å². The molecule has 2 N–H and O–H groups in total. The predicted octanol–water partition coefficient (Wildman–Crippen LogP) is 5.47. The first-order valence-corrected chi connectivity index (χ1v) is 16.6. The van der Waals surface area contributed by atoms with Crippen molar-refractivity contribution >= 4 is 31.6 Å². The van der Waals surface area contributed by atoms with E-state index in [-0.39, 0.29) is 34.9 Å². The number of aryl methyl sites for hydroxylation is 1. The second-order valence-electron chi connectivity index (χ2n) is 12.3. The maximum absolute atomic E-state index is 13.2. The first kappa shape index (κ1) is 28.2. The molecule has 2 aliphatic rings. The Bertz CT molecular complexity index is 1190. The van der Waals surface area contributed by atoms with E-state index in [1.807, 2.05) is 36.1 Å². The lowest BCUT2D eigenvalue weighted by Gasteiger charge is -2.46. The summed E-state index contributed by atoms with van der Waals surface area (Å²) < 4.78 is 6.22. The van der Waals surface area contributed by atoms with E-state index >= 15 is 0 Å². The summed E-state index contributed by atoms with van der Waals surface area (Å²) in [5.41, 5.74) is 2.38. The molecule has 3 atom stereocenters. The van der Waals surface area contributed by atoms with Gasteiger partial charge in [0, 0.05) is 42.9 Å². The molecule has 0 saturated heterocycles. The first-order chi connectivity index (χ1) is 17.8. The van der Waals surface area contributed by atoms with Crippen molar-refractivity contribution in [2.45, 2.75) is 84.6 Å². The summed E-state index contributed by atoms with van der Waals surface area (Å²) >= 11 is 0. The van der Waals surface area contributed by atoms with E-state index in [2.05, 4.69) is 61.4 Å². The van der Waals surface area contributed by atoms with Gasteiger partial charge in [-0.05, 0) is 73.6 Å². The topological polar surface area (TPSA) is 96.5 Å². The summed E-state index contributed by atoms with van der Waals surface area (Å²) in [7, 11) is -1.87. The highest BCUT2D eigenvalue weighted by Crippen LogP contribution is 2.50. The number of fused-ring (bicyclic) bond motifs is 1. The number of benzene rings is 1. The van der Waals surface area contributed by atoms with Gasteiger partial charge in [-0.2, -0.15) is 0 Å². The third-order valence-electron chi connectivity index (χ3n) is 8.43. The van der Waals surface area contributed by atoms with Gasteiger partial charge in [-0.15, -0.1) is 0 Å². The summed E-state index contributed by atoms with van der Waals surface area (Å²) in [4.78, 5) is 36.8. The Morgan fingerprint density at radius 2 is 1.89 bits per heavy atom. The Morgan fingerprint density at radius 3 is 2.50 bits per heavy atom. The van der Waals surface area contributed by atoms with Crippen LogP contribution in [-0.4, -0.2) is 49.3 Å². The fourth-order valence-corrected chi connectivity index (χ4v) is 6.24. The fraction of sp³-hybridized carbons (Fsp3) is 0.586. The van der Waals surface area contributed by atoms with Crippen LogP contribution in [0.4, 0.5) is 11.5 Å². The Hall–Kier alpha value is -2.78. The average molecular weight is 538 g/mol. The van der Waals surface area contributed by atoms with Crippen LogP contribution >= 0.6 is 0 Å². The van der Waals surface area contributed by atoms with E-state index in [9.17, 15) is 9.59 Å². The Balaban J connectivity index is 1.59. The zero-order valence-corrected chi connectivity index (χ0v) is 25.1. The highest BCUT2D eigenvalue weighted by Gasteiger charge is 2.47. The molecule has 9 heteroatoms. The van der Waals surface area contributed by atoms with Crippen LogP contribution in [0.3, 0.4) is 0 Å². The minimum Gasteiger partial charge on any atom is -0.415 e. The van der Waals surface area contributed by atoms with Crippen molar-refractivity contribution in [1.29, 1.82) is 0 Å². The number of hydrogen-bond acceptors (Lipinski definition) is 6. The largest absolute Gasteiger partial charge is 0.415 e. The van der Waals surface area contributed by atoms with Crippen LogP contribution < -0.4 is 15.5 Å². The van der Waals surface area contributed by atoms with Gasteiger partial charge < -0.3 is 20.0 Å². The lowest BCUT2D eigenvalue weighted by molar-refractivity contribution is -0.117. The average Bonchev–Trinajstić information content (AvgIpc) is 3.67. The van der Waals surface area contributed by atoms with E-state index in [1.165, 1.54) is 0 Å². The summed E-state index contributed by atoms with van der Waals surface area (Å²) in [6, 6.07) is 7.55. The first-order valence-electron chi connectivity index (χ1n) is 13.7. The molecule has 206 valence electrons. The van der Waals surface area contributed by atoms with Gasteiger partial charge in [0.2, 0.25) is 5.91 Å².